The monoisotopic (exact) mass is 555 g/mol. The van der Waals surface area contributed by atoms with Crippen LogP contribution in [0, 0.1) is 11.8 Å². The minimum absolute atomic E-state index is 0.00889. The Morgan fingerprint density at radius 3 is 2.85 bits per heavy atom. The van der Waals surface area contributed by atoms with Crippen LogP contribution in [0.15, 0.2) is 47.5 Å². The fourth-order valence-electron chi connectivity index (χ4n) is 6.76. The van der Waals surface area contributed by atoms with E-state index in [1.165, 1.54) is 12.5 Å². The molecule has 0 aromatic heterocycles. The summed E-state index contributed by atoms with van der Waals surface area (Å²) >= 11 is 6.72. The largest absolute Gasteiger partial charge is 0.487 e. The highest BCUT2D eigenvalue weighted by Gasteiger charge is 2.41. The van der Waals surface area contributed by atoms with E-state index >= 15 is 0 Å². The number of hydrogen-bond donors (Lipinski definition) is 1. The van der Waals surface area contributed by atoms with Crippen molar-refractivity contribution >= 4 is 23.4 Å². The molecule has 208 valence electrons. The molecule has 4 atom stereocenters. The van der Waals surface area contributed by atoms with Gasteiger partial charge in [-0.05, 0) is 55.4 Å². The summed E-state index contributed by atoms with van der Waals surface area (Å²) in [6.07, 6.45) is 10.3. The number of hydrogen-bond acceptors (Lipinski definition) is 5. The van der Waals surface area contributed by atoms with Gasteiger partial charge in [-0.15, -0.1) is 0 Å². The van der Waals surface area contributed by atoms with Gasteiger partial charge >= 0.3 is 0 Å². The van der Waals surface area contributed by atoms with Crippen LogP contribution in [0.5, 0.6) is 5.75 Å². The lowest BCUT2D eigenvalue weighted by Gasteiger charge is -2.43. The van der Waals surface area contributed by atoms with Gasteiger partial charge in [0.05, 0.1) is 11.7 Å². The van der Waals surface area contributed by atoms with Crippen LogP contribution >= 0.6 is 11.6 Å². The number of nitrogens with one attached hydrogen (secondary N) is 1. The van der Waals surface area contributed by atoms with E-state index in [0.717, 1.165) is 36.8 Å². The Morgan fingerprint density at radius 1 is 1.21 bits per heavy atom. The molecule has 1 N–H and O–H groups in total. The second kappa shape index (κ2) is 11.0. The minimum Gasteiger partial charge on any atom is -0.487 e. The smallest absolute Gasteiger partial charge is 0.226 e. The van der Waals surface area contributed by atoms with E-state index in [2.05, 4.69) is 12.4 Å². The number of nitrogens with zero attached hydrogens (tertiary/aromatic N) is 2. The van der Waals surface area contributed by atoms with Crippen LogP contribution in [0.2, 0.25) is 5.02 Å². The SMILES string of the molecule is C[C@H]1CCCC[C@H]1C(=O)N1CCc2c(Cl)ccc(OCC3=C4C=CC=C(F)C4ON3)c2[C@H]1CN1CCCC1=O. The predicted molar refractivity (Wildman–Crippen MR) is 145 cm³/mol. The Hall–Kier alpha value is -2.84. The first-order valence-corrected chi connectivity index (χ1v) is 14.5. The van der Waals surface area contributed by atoms with Gasteiger partial charge in [0.1, 0.15) is 18.2 Å². The summed E-state index contributed by atoms with van der Waals surface area (Å²) < 4.78 is 20.6. The molecule has 3 aliphatic heterocycles. The number of likely N-dealkylation sites (tertiary alicyclic amines) is 1. The van der Waals surface area contributed by atoms with Crippen molar-refractivity contribution in [2.75, 3.05) is 26.2 Å². The Kier molecular flexibility index (Phi) is 7.42. The molecule has 1 saturated carbocycles. The zero-order chi connectivity index (χ0) is 27.1. The Bertz CT molecular complexity index is 1260. The number of hydroxylamine groups is 1. The molecule has 7 nitrogen and oxygen atoms in total. The molecular weight excluding hydrogens is 521 g/mol. The van der Waals surface area contributed by atoms with Crippen molar-refractivity contribution in [1.82, 2.24) is 15.3 Å². The van der Waals surface area contributed by atoms with Crippen LogP contribution in [-0.4, -0.2) is 54.0 Å². The average molecular weight is 556 g/mol. The average Bonchev–Trinajstić information content (AvgIpc) is 3.55. The topological polar surface area (TPSA) is 71.1 Å². The second-order valence-corrected chi connectivity index (χ2v) is 11.7. The molecular formula is C30H35ClFN3O4. The number of carbonyl (C=O) groups excluding carboxylic acids is 2. The number of ether oxygens (including phenoxy) is 1. The van der Waals surface area contributed by atoms with E-state index in [1.54, 1.807) is 6.08 Å². The molecule has 5 aliphatic rings. The maximum absolute atomic E-state index is 14.2. The molecule has 9 heteroatoms. The normalized spacial score (nSPS) is 28.3. The van der Waals surface area contributed by atoms with E-state index in [9.17, 15) is 14.0 Å². The number of amides is 2. The first-order chi connectivity index (χ1) is 18.9. The van der Waals surface area contributed by atoms with Gasteiger partial charge in [0.25, 0.3) is 0 Å². The van der Waals surface area contributed by atoms with Crippen LogP contribution in [0.1, 0.15) is 62.6 Å². The van der Waals surface area contributed by atoms with Crippen molar-refractivity contribution < 1.29 is 23.6 Å². The van der Waals surface area contributed by atoms with Crippen molar-refractivity contribution in [3.63, 3.8) is 0 Å². The predicted octanol–water partition coefficient (Wildman–Crippen LogP) is 5.17. The molecule has 1 unspecified atom stereocenters. The van der Waals surface area contributed by atoms with Crippen molar-refractivity contribution in [3.8, 4) is 5.75 Å². The molecule has 2 amide bonds. The van der Waals surface area contributed by atoms with Gasteiger partial charge in [-0.1, -0.05) is 43.5 Å². The van der Waals surface area contributed by atoms with Crippen LogP contribution in [0.3, 0.4) is 0 Å². The van der Waals surface area contributed by atoms with E-state index in [0.29, 0.717) is 60.4 Å². The third-order valence-corrected chi connectivity index (χ3v) is 9.29. The molecule has 39 heavy (non-hydrogen) atoms. The Balaban J connectivity index is 1.33. The molecule has 1 aromatic carbocycles. The summed E-state index contributed by atoms with van der Waals surface area (Å²) in [6, 6.07) is 3.32. The summed E-state index contributed by atoms with van der Waals surface area (Å²) in [6.45, 7) is 3.99. The number of rotatable bonds is 6. The zero-order valence-corrected chi connectivity index (χ0v) is 23.0. The molecule has 1 saturated heterocycles. The van der Waals surface area contributed by atoms with Gasteiger partial charge in [-0.2, -0.15) is 0 Å². The number of allylic oxidation sites excluding steroid dienone is 2. The first kappa shape index (κ1) is 26.4. The fraction of sp³-hybridized carbons (Fsp3) is 0.533. The summed E-state index contributed by atoms with van der Waals surface area (Å²) in [5.74, 6) is 0.878. The number of fused-ring (bicyclic) bond motifs is 2. The number of benzene rings is 1. The third-order valence-electron chi connectivity index (χ3n) is 8.93. The van der Waals surface area contributed by atoms with Gasteiger partial charge < -0.3 is 14.5 Å². The van der Waals surface area contributed by atoms with Crippen molar-refractivity contribution in [1.29, 1.82) is 0 Å². The summed E-state index contributed by atoms with van der Waals surface area (Å²) in [4.78, 5) is 36.0. The molecule has 6 rings (SSSR count). The van der Waals surface area contributed by atoms with Crippen LogP contribution in [-0.2, 0) is 20.8 Å². The van der Waals surface area contributed by atoms with Gasteiger partial charge in [0.2, 0.25) is 11.8 Å². The zero-order valence-electron chi connectivity index (χ0n) is 22.3. The van der Waals surface area contributed by atoms with Crippen LogP contribution in [0.25, 0.3) is 0 Å². The molecule has 3 heterocycles. The lowest BCUT2D eigenvalue weighted by Crippen LogP contribution is -2.49. The van der Waals surface area contributed by atoms with Crippen LogP contribution < -0.4 is 10.2 Å². The molecule has 0 bridgehead atoms. The number of halogens is 2. The maximum Gasteiger partial charge on any atom is 0.226 e. The van der Waals surface area contributed by atoms with Crippen molar-refractivity contribution in [2.45, 2.75) is 64.0 Å². The standard InChI is InChI=1S/C30H35ClFN3O4/c1-18-6-2-3-7-19(18)30(37)35-15-13-20-22(31)11-12-26(28(20)25(35)16-34-14-5-10-27(34)36)38-17-24-21-8-4-9-23(32)29(21)39-33-24/h4,8-9,11-12,18-19,25,29,33H,2-3,5-7,10,13-17H2,1H3/t18-,19+,25+,29?/m0/s1. The van der Waals surface area contributed by atoms with E-state index in [1.807, 2.05) is 28.0 Å². The van der Waals surface area contributed by atoms with E-state index in [-0.39, 0.29) is 36.2 Å². The van der Waals surface area contributed by atoms with E-state index in [4.69, 9.17) is 21.2 Å². The highest BCUT2D eigenvalue weighted by Crippen LogP contribution is 2.43. The molecule has 2 fully saturated rings. The summed E-state index contributed by atoms with van der Waals surface area (Å²) in [5, 5.41) is 0.639. The molecule has 0 spiro atoms. The number of carbonyl (C=O) groups is 2. The van der Waals surface area contributed by atoms with Crippen LogP contribution in [0.4, 0.5) is 4.39 Å². The van der Waals surface area contributed by atoms with Gasteiger partial charge in [-0.3, -0.25) is 19.9 Å². The van der Waals surface area contributed by atoms with Gasteiger partial charge in [0.15, 0.2) is 6.10 Å². The summed E-state index contributed by atoms with van der Waals surface area (Å²) in [5.41, 5.74) is 6.00. The lowest BCUT2D eigenvalue weighted by atomic mass is 9.78. The van der Waals surface area contributed by atoms with Gasteiger partial charge in [-0.25, -0.2) is 4.39 Å². The quantitative estimate of drug-likeness (QED) is 0.524. The Labute approximate surface area is 233 Å². The van der Waals surface area contributed by atoms with Crippen molar-refractivity contribution in [2.24, 2.45) is 11.8 Å². The summed E-state index contributed by atoms with van der Waals surface area (Å²) in [7, 11) is 0. The molecule has 2 aliphatic carbocycles. The highest BCUT2D eigenvalue weighted by atomic mass is 35.5. The lowest BCUT2D eigenvalue weighted by molar-refractivity contribution is -0.143. The van der Waals surface area contributed by atoms with E-state index < -0.39 is 6.10 Å². The third kappa shape index (κ3) is 4.97. The minimum atomic E-state index is -0.771. The molecule has 0 radical (unpaired) electrons. The Morgan fingerprint density at radius 2 is 2.05 bits per heavy atom. The van der Waals surface area contributed by atoms with Crippen molar-refractivity contribution in [3.05, 3.63) is 63.6 Å². The molecule has 1 aromatic rings. The first-order valence-electron chi connectivity index (χ1n) is 14.1. The second-order valence-electron chi connectivity index (χ2n) is 11.3. The fourth-order valence-corrected chi connectivity index (χ4v) is 7.02. The highest BCUT2D eigenvalue weighted by molar-refractivity contribution is 6.31. The van der Waals surface area contributed by atoms with Gasteiger partial charge in [0, 0.05) is 48.1 Å². The maximum atomic E-state index is 14.2.